The number of thiazole rings is 1. The SMILES string of the molecule is CC(C)(C)NS(=O)c1cc(NC(=O)NCc2ccccc2)ccc1-c1cnc(Br)s1. The Balaban J connectivity index is 1.81. The molecule has 0 saturated heterocycles. The first-order valence-corrected chi connectivity index (χ1v) is 12.0. The summed E-state index contributed by atoms with van der Waals surface area (Å²) in [5.74, 6) is 0. The molecule has 0 saturated carbocycles. The van der Waals surface area contributed by atoms with Crippen molar-refractivity contribution in [3.8, 4) is 10.4 Å². The highest BCUT2D eigenvalue weighted by atomic mass is 79.9. The second-order valence-corrected chi connectivity index (χ2v) is 11.1. The molecular weight excluding hydrogens is 484 g/mol. The number of carbonyl (C=O) groups is 1. The third-order valence-electron chi connectivity index (χ3n) is 3.88. The number of amides is 2. The first kappa shape index (κ1) is 22.6. The molecule has 158 valence electrons. The van der Waals surface area contributed by atoms with E-state index in [0.29, 0.717) is 17.1 Å². The minimum atomic E-state index is -1.47. The third-order valence-corrected chi connectivity index (χ3v) is 6.92. The number of rotatable bonds is 6. The van der Waals surface area contributed by atoms with Gasteiger partial charge in [0.1, 0.15) is 11.0 Å². The molecule has 30 heavy (non-hydrogen) atoms. The summed E-state index contributed by atoms with van der Waals surface area (Å²) in [6.45, 7) is 6.27. The minimum Gasteiger partial charge on any atom is -0.334 e. The molecule has 3 aromatic rings. The fourth-order valence-electron chi connectivity index (χ4n) is 2.62. The third kappa shape index (κ3) is 6.46. The van der Waals surface area contributed by atoms with E-state index in [-0.39, 0.29) is 11.6 Å². The van der Waals surface area contributed by atoms with E-state index in [2.05, 4.69) is 36.3 Å². The van der Waals surface area contributed by atoms with Crippen molar-refractivity contribution in [2.75, 3.05) is 5.32 Å². The molecule has 3 N–H and O–H groups in total. The molecule has 0 radical (unpaired) electrons. The van der Waals surface area contributed by atoms with Gasteiger partial charge in [-0.05, 0) is 54.4 Å². The molecule has 0 bridgehead atoms. The zero-order valence-electron chi connectivity index (χ0n) is 16.9. The first-order valence-electron chi connectivity index (χ1n) is 9.25. The number of carbonyl (C=O) groups excluding carboxylic acids is 1. The number of benzene rings is 2. The van der Waals surface area contributed by atoms with Gasteiger partial charge in [-0.1, -0.05) is 36.4 Å². The van der Waals surface area contributed by atoms with Crippen molar-refractivity contribution in [2.24, 2.45) is 0 Å². The zero-order valence-corrected chi connectivity index (χ0v) is 20.1. The maximum Gasteiger partial charge on any atom is 0.319 e. The lowest BCUT2D eigenvalue weighted by atomic mass is 10.1. The van der Waals surface area contributed by atoms with E-state index in [4.69, 9.17) is 0 Å². The van der Waals surface area contributed by atoms with Crippen molar-refractivity contribution in [2.45, 2.75) is 37.8 Å². The van der Waals surface area contributed by atoms with Crippen LogP contribution in [-0.4, -0.2) is 20.8 Å². The van der Waals surface area contributed by atoms with Crippen LogP contribution in [0.15, 0.2) is 63.5 Å². The largest absolute Gasteiger partial charge is 0.334 e. The van der Waals surface area contributed by atoms with E-state index in [1.165, 1.54) is 11.3 Å². The Labute approximate surface area is 191 Å². The van der Waals surface area contributed by atoms with E-state index < -0.39 is 11.0 Å². The van der Waals surface area contributed by atoms with E-state index in [1.54, 1.807) is 18.3 Å². The molecule has 2 aromatic carbocycles. The summed E-state index contributed by atoms with van der Waals surface area (Å²) < 4.78 is 16.9. The summed E-state index contributed by atoms with van der Waals surface area (Å²) in [7, 11) is -1.47. The van der Waals surface area contributed by atoms with Gasteiger partial charge in [-0.2, -0.15) is 0 Å². The van der Waals surface area contributed by atoms with Gasteiger partial charge in [0.15, 0.2) is 3.92 Å². The molecular formula is C21H23BrN4O2S2. The Bertz CT molecular complexity index is 1050. The summed E-state index contributed by atoms with van der Waals surface area (Å²) in [5.41, 5.74) is 2.04. The molecule has 1 heterocycles. The standard InChI is InChI=1S/C21H23BrN4O2S2/c1-21(2,3)26-30(28)18-11-15(9-10-16(18)17-13-23-19(22)29-17)25-20(27)24-12-14-7-5-4-6-8-14/h4-11,13,26H,12H2,1-3H3,(H2,24,25,27). The van der Waals surface area contributed by atoms with Gasteiger partial charge >= 0.3 is 6.03 Å². The Morgan fingerprint density at radius 3 is 2.53 bits per heavy atom. The van der Waals surface area contributed by atoms with Crippen LogP contribution in [0.3, 0.4) is 0 Å². The lowest BCUT2D eigenvalue weighted by Crippen LogP contribution is -2.37. The Morgan fingerprint density at radius 1 is 1.17 bits per heavy atom. The van der Waals surface area contributed by atoms with E-state index >= 15 is 0 Å². The summed E-state index contributed by atoms with van der Waals surface area (Å²) in [6.07, 6.45) is 1.74. The lowest BCUT2D eigenvalue weighted by molar-refractivity contribution is 0.251. The minimum absolute atomic E-state index is 0.326. The van der Waals surface area contributed by atoms with Gasteiger partial charge in [-0.15, -0.1) is 11.3 Å². The van der Waals surface area contributed by atoms with Crippen molar-refractivity contribution in [3.63, 3.8) is 0 Å². The van der Waals surface area contributed by atoms with E-state index in [0.717, 1.165) is 19.9 Å². The summed E-state index contributed by atoms with van der Waals surface area (Å²) >= 11 is 4.83. The molecule has 9 heteroatoms. The molecule has 1 atom stereocenters. The number of halogens is 1. The number of anilines is 1. The van der Waals surface area contributed by atoms with Crippen LogP contribution in [0.5, 0.6) is 0 Å². The summed E-state index contributed by atoms with van der Waals surface area (Å²) in [6, 6.07) is 14.7. The van der Waals surface area contributed by atoms with Gasteiger partial charge < -0.3 is 10.6 Å². The molecule has 6 nitrogen and oxygen atoms in total. The number of hydrogen-bond donors (Lipinski definition) is 3. The van der Waals surface area contributed by atoms with Crippen molar-refractivity contribution in [1.29, 1.82) is 0 Å². The number of aromatic nitrogens is 1. The van der Waals surface area contributed by atoms with Crippen LogP contribution in [-0.2, 0) is 17.5 Å². The van der Waals surface area contributed by atoms with Crippen LogP contribution in [0, 0.1) is 0 Å². The quantitative estimate of drug-likeness (QED) is 0.423. The van der Waals surface area contributed by atoms with Crippen LogP contribution in [0.1, 0.15) is 26.3 Å². The highest BCUT2D eigenvalue weighted by molar-refractivity contribution is 9.11. The number of nitrogens with zero attached hydrogens (tertiary/aromatic N) is 1. The summed E-state index contributed by atoms with van der Waals surface area (Å²) in [5, 5.41) is 5.65. The lowest BCUT2D eigenvalue weighted by Gasteiger charge is -2.21. The van der Waals surface area contributed by atoms with Crippen LogP contribution >= 0.6 is 27.3 Å². The molecule has 0 aliphatic heterocycles. The first-order chi connectivity index (χ1) is 14.2. The smallest absolute Gasteiger partial charge is 0.319 e. The fourth-order valence-corrected chi connectivity index (χ4v) is 5.27. The van der Waals surface area contributed by atoms with Crippen molar-refractivity contribution in [3.05, 3.63) is 64.2 Å². The predicted molar refractivity (Wildman–Crippen MR) is 127 cm³/mol. The zero-order chi connectivity index (χ0) is 21.7. The molecule has 0 spiro atoms. The average molecular weight is 507 g/mol. The topological polar surface area (TPSA) is 83.1 Å². The van der Waals surface area contributed by atoms with Gasteiger partial charge in [-0.25, -0.2) is 18.7 Å². The monoisotopic (exact) mass is 506 g/mol. The molecule has 1 aromatic heterocycles. The molecule has 0 aliphatic rings. The normalized spacial score (nSPS) is 12.4. The van der Waals surface area contributed by atoms with Crippen LogP contribution in [0.4, 0.5) is 10.5 Å². The summed E-state index contributed by atoms with van der Waals surface area (Å²) in [4.78, 5) is 18.0. The maximum atomic E-state index is 13.1. The van der Waals surface area contributed by atoms with E-state index in [1.807, 2.05) is 57.2 Å². The van der Waals surface area contributed by atoms with Crippen LogP contribution in [0.2, 0.25) is 0 Å². The van der Waals surface area contributed by atoms with Crippen molar-refractivity contribution < 1.29 is 9.00 Å². The Morgan fingerprint density at radius 2 is 1.90 bits per heavy atom. The predicted octanol–water partition coefficient (Wildman–Crippen LogP) is 5.31. The van der Waals surface area contributed by atoms with Crippen LogP contribution in [0.25, 0.3) is 10.4 Å². The molecule has 0 fully saturated rings. The Hall–Kier alpha value is -2.07. The highest BCUT2D eigenvalue weighted by Gasteiger charge is 2.20. The van der Waals surface area contributed by atoms with Crippen LogP contribution < -0.4 is 15.4 Å². The van der Waals surface area contributed by atoms with Gasteiger partial charge in [0.25, 0.3) is 0 Å². The number of hydrogen-bond acceptors (Lipinski definition) is 4. The fraction of sp³-hybridized carbons (Fsp3) is 0.238. The van der Waals surface area contributed by atoms with Gasteiger partial charge in [-0.3, -0.25) is 0 Å². The van der Waals surface area contributed by atoms with Gasteiger partial charge in [0.2, 0.25) is 0 Å². The van der Waals surface area contributed by atoms with Crippen molar-refractivity contribution in [1.82, 2.24) is 15.0 Å². The van der Waals surface area contributed by atoms with Gasteiger partial charge in [0, 0.05) is 29.5 Å². The highest BCUT2D eigenvalue weighted by Crippen LogP contribution is 2.34. The number of urea groups is 1. The molecule has 2 amide bonds. The molecule has 1 unspecified atom stereocenters. The number of nitrogens with one attached hydrogen (secondary N) is 3. The van der Waals surface area contributed by atoms with Gasteiger partial charge in [0.05, 0.1) is 9.77 Å². The van der Waals surface area contributed by atoms with Crippen molar-refractivity contribution >= 4 is 50.0 Å². The van der Waals surface area contributed by atoms with E-state index in [9.17, 15) is 9.00 Å². The Kier molecular flexibility index (Phi) is 7.41. The molecule has 3 rings (SSSR count). The average Bonchev–Trinajstić information content (AvgIpc) is 3.12. The second-order valence-electron chi connectivity index (χ2n) is 7.60. The second kappa shape index (κ2) is 9.82. The maximum absolute atomic E-state index is 13.1. The molecule has 0 aliphatic carbocycles.